The highest BCUT2D eigenvalue weighted by molar-refractivity contribution is 5.85. The van der Waals surface area contributed by atoms with E-state index in [-0.39, 0.29) is 24.2 Å². The third-order valence-corrected chi connectivity index (χ3v) is 4.26. The van der Waals surface area contributed by atoms with Gasteiger partial charge < -0.3 is 15.4 Å². The zero-order chi connectivity index (χ0) is 11.7. The predicted molar refractivity (Wildman–Crippen MR) is 71.9 cm³/mol. The summed E-state index contributed by atoms with van der Waals surface area (Å²) in [5.41, 5.74) is 0. The van der Waals surface area contributed by atoms with Gasteiger partial charge in [0, 0.05) is 25.0 Å². The summed E-state index contributed by atoms with van der Waals surface area (Å²) in [5.74, 6) is 1.23. The van der Waals surface area contributed by atoms with Gasteiger partial charge in [0.15, 0.2) is 0 Å². The molecular weight excluding hydrogens is 252 g/mol. The van der Waals surface area contributed by atoms with Crippen molar-refractivity contribution in [2.45, 2.75) is 44.2 Å². The Hall–Kier alpha value is -0.320. The lowest BCUT2D eigenvalue weighted by Gasteiger charge is -2.39. The first-order valence-corrected chi connectivity index (χ1v) is 6.95. The number of fused-ring (bicyclic) bond motifs is 1. The molecule has 4 nitrogen and oxygen atoms in total. The largest absolute Gasteiger partial charge is 0.375 e. The van der Waals surface area contributed by atoms with Crippen molar-refractivity contribution >= 4 is 18.3 Å². The number of carbonyl (C=O) groups is 1. The summed E-state index contributed by atoms with van der Waals surface area (Å²) >= 11 is 0. The van der Waals surface area contributed by atoms with Gasteiger partial charge in [0.25, 0.3) is 0 Å². The van der Waals surface area contributed by atoms with E-state index in [1.54, 1.807) is 0 Å². The number of morpholine rings is 1. The van der Waals surface area contributed by atoms with Crippen molar-refractivity contribution in [2.75, 3.05) is 19.7 Å². The molecule has 2 saturated carbocycles. The Kier molecular flexibility index (Phi) is 4.87. The fourth-order valence-electron chi connectivity index (χ4n) is 2.96. The fraction of sp³-hybridized carbons (Fsp3) is 0.923. The highest BCUT2D eigenvalue weighted by Gasteiger charge is 2.36. The van der Waals surface area contributed by atoms with Crippen LogP contribution in [-0.4, -0.2) is 37.7 Å². The number of rotatable bonds is 3. The van der Waals surface area contributed by atoms with E-state index in [9.17, 15) is 4.79 Å². The van der Waals surface area contributed by atoms with Crippen LogP contribution in [0.15, 0.2) is 0 Å². The summed E-state index contributed by atoms with van der Waals surface area (Å²) in [4.78, 5) is 12.0. The van der Waals surface area contributed by atoms with Gasteiger partial charge in [-0.15, -0.1) is 12.4 Å². The molecule has 5 heteroatoms. The van der Waals surface area contributed by atoms with E-state index in [0.717, 1.165) is 44.9 Å². The first-order valence-electron chi connectivity index (χ1n) is 6.95. The Labute approximate surface area is 115 Å². The van der Waals surface area contributed by atoms with Crippen LogP contribution in [0, 0.1) is 11.8 Å². The van der Waals surface area contributed by atoms with Gasteiger partial charge in [-0.1, -0.05) is 0 Å². The Morgan fingerprint density at radius 3 is 2.89 bits per heavy atom. The number of carbonyl (C=O) groups excluding carboxylic acids is 1. The molecule has 3 rings (SSSR count). The molecule has 0 bridgehead atoms. The van der Waals surface area contributed by atoms with Crippen LogP contribution < -0.4 is 10.6 Å². The predicted octanol–water partition coefficient (Wildman–Crippen LogP) is 1.09. The first-order chi connectivity index (χ1) is 8.33. The molecule has 0 aromatic carbocycles. The van der Waals surface area contributed by atoms with E-state index in [4.69, 9.17) is 4.74 Å². The van der Waals surface area contributed by atoms with Gasteiger partial charge in [-0.3, -0.25) is 4.79 Å². The number of hydrogen-bond acceptors (Lipinski definition) is 3. The highest BCUT2D eigenvalue weighted by atomic mass is 35.5. The van der Waals surface area contributed by atoms with Crippen LogP contribution in [0.25, 0.3) is 0 Å². The zero-order valence-corrected chi connectivity index (χ0v) is 11.5. The maximum atomic E-state index is 12.0. The monoisotopic (exact) mass is 274 g/mol. The highest BCUT2D eigenvalue weighted by Crippen LogP contribution is 2.30. The standard InChI is InChI=1S/C13H22N2O2.ClH/c16-13(15-8-9-1-2-9)10-3-4-12-11(7-10)14-5-6-17-12;/h9-12,14H,1-8H2,(H,15,16);1H/t10-,11+,12+;/m0./s1. The fourth-order valence-corrected chi connectivity index (χ4v) is 2.96. The Balaban J connectivity index is 0.00000120. The Morgan fingerprint density at radius 2 is 2.11 bits per heavy atom. The van der Waals surface area contributed by atoms with Crippen molar-refractivity contribution in [2.24, 2.45) is 11.8 Å². The molecule has 0 aromatic heterocycles. The molecule has 1 saturated heterocycles. The summed E-state index contributed by atoms with van der Waals surface area (Å²) in [6.45, 7) is 2.64. The summed E-state index contributed by atoms with van der Waals surface area (Å²) in [5, 5.41) is 6.58. The molecule has 3 aliphatic rings. The minimum absolute atomic E-state index is 0. The first kappa shape index (κ1) is 14.1. The lowest BCUT2D eigenvalue weighted by Crippen LogP contribution is -2.53. The van der Waals surface area contributed by atoms with Gasteiger partial charge in [-0.2, -0.15) is 0 Å². The molecule has 3 fully saturated rings. The van der Waals surface area contributed by atoms with Gasteiger partial charge >= 0.3 is 0 Å². The molecule has 1 heterocycles. The SMILES string of the molecule is Cl.O=C(NCC1CC1)[C@H]1CC[C@H]2OCCN[C@@H]2C1. The summed E-state index contributed by atoms with van der Waals surface area (Å²) < 4.78 is 5.72. The topological polar surface area (TPSA) is 50.4 Å². The maximum Gasteiger partial charge on any atom is 0.223 e. The molecule has 0 radical (unpaired) electrons. The van der Waals surface area contributed by atoms with Crippen LogP contribution >= 0.6 is 12.4 Å². The van der Waals surface area contributed by atoms with Crippen molar-refractivity contribution in [3.05, 3.63) is 0 Å². The number of ether oxygens (including phenoxy) is 1. The van der Waals surface area contributed by atoms with Crippen LogP contribution in [0.3, 0.4) is 0 Å². The molecule has 0 spiro atoms. The average Bonchev–Trinajstić information content (AvgIpc) is 3.19. The number of hydrogen-bond donors (Lipinski definition) is 2. The van der Waals surface area contributed by atoms with Gasteiger partial charge in [0.1, 0.15) is 0 Å². The number of nitrogens with one attached hydrogen (secondary N) is 2. The lowest BCUT2D eigenvalue weighted by atomic mass is 9.82. The van der Waals surface area contributed by atoms with Crippen LogP contribution in [0.5, 0.6) is 0 Å². The second kappa shape index (κ2) is 6.22. The molecule has 2 N–H and O–H groups in total. The molecule has 0 unspecified atom stereocenters. The molecule has 0 aromatic rings. The second-order valence-corrected chi connectivity index (χ2v) is 5.67. The second-order valence-electron chi connectivity index (χ2n) is 5.67. The molecule has 104 valence electrons. The van der Waals surface area contributed by atoms with E-state index in [2.05, 4.69) is 10.6 Å². The van der Waals surface area contributed by atoms with E-state index >= 15 is 0 Å². The smallest absolute Gasteiger partial charge is 0.223 e. The normalized spacial score (nSPS) is 35.2. The Morgan fingerprint density at radius 1 is 1.28 bits per heavy atom. The van der Waals surface area contributed by atoms with Crippen molar-refractivity contribution in [3.8, 4) is 0 Å². The molecule has 2 aliphatic carbocycles. The van der Waals surface area contributed by atoms with Crippen LogP contribution in [0.2, 0.25) is 0 Å². The van der Waals surface area contributed by atoms with E-state index in [1.165, 1.54) is 12.8 Å². The van der Waals surface area contributed by atoms with Crippen LogP contribution in [-0.2, 0) is 9.53 Å². The van der Waals surface area contributed by atoms with Gasteiger partial charge in [-0.25, -0.2) is 0 Å². The van der Waals surface area contributed by atoms with Crippen LogP contribution in [0.1, 0.15) is 32.1 Å². The molecular formula is C13H23ClN2O2. The van der Waals surface area contributed by atoms with Crippen LogP contribution in [0.4, 0.5) is 0 Å². The van der Waals surface area contributed by atoms with Gasteiger partial charge in [0.05, 0.1) is 12.7 Å². The van der Waals surface area contributed by atoms with Crippen molar-refractivity contribution in [1.82, 2.24) is 10.6 Å². The minimum atomic E-state index is 0. The van der Waals surface area contributed by atoms with Crippen molar-refractivity contribution in [3.63, 3.8) is 0 Å². The van der Waals surface area contributed by atoms with Crippen molar-refractivity contribution in [1.29, 1.82) is 0 Å². The molecule has 1 aliphatic heterocycles. The Bertz CT molecular complexity index is 297. The quantitative estimate of drug-likeness (QED) is 0.810. The number of halogens is 1. The summed E-state index contributed by atoms with van der Waals surface area (Å²) in [6.07, 6.45) is 5.90. The molecule has 1 amide bonds. The van der Waals surface area contributed by atoms with Crippen molar-refractivity contribution < 1.29 is 9.53 Å². The lowest BCUT2D eigenvalue weighted by molar-refractivity contribution is -0.128. The minimum Gasteiger partial charge on any atom is -0.375 e. The van der Waals surface area contributed by atoms with E-state index in [1.807, 2.05) is 0 Å². The third kappa shape index (κ3) is 3.37. The van der Waals surface area contributed by atoms with E-state index in [0.29, 0.717) is 12.1 Å². The maximum absolute atomic E-state index is 12.0. The van der Waals surface area contributed by atoms with Gasteiger partial charge in [0.2, 0.25) is 5.91 Å². The van der Waals surface area contributed by atoms with Gasteiger partial charge in [-0.05, 0) is 38.0 Å². The van der Waals surface area contributed by atoms with E-state index < -0.39 is 0 Å². The third-order valence-electron chi connectivity index (χ3n) is 4.26. The summed E-state index contributed by atoms with van der Waals surface area (Å²) in [6, 6.07) is 0.397. The molecule has 3 atom stereocenters. The number of amides is 1. The summed E-state index contributed by atoms with van der Waals surface area (Å²) in [7, 11) is 0. The average molecular weight is 275 g/mol. The zero-order valence-electron chi connectivity index (χ0n) is 10.7. The molecule has 18 heavy (non-hydrogen) atoms.